The second kappa shape index (κ2) is 8.11. The van der Waals surface area contributed by atoms with Crippen molar-refractivity contribution in [3.8, 4) is 0 Å². The zero-order chi connectivity index (χ0) is 16.9. The Morgan fingerprint density at radius 3 is 2.78 bits per heavy atom. The molecule has 0 radical (unpaired) electrons. The van der Waals surface area contributed by atoms with Crippen molar-refractivity contribution in [3.63, 3.8) is 0 Å². The molecule has 1 aliphatic rings. The first-order valence-electron chi connectivity index (χ1n) is 8.61. The van der Waals surface area contributed by atoms with E-state index in [9.17, 15) is 9.90 Å². The smallest absolute Gasteiger partial charge is 0.317 e. The number of hydrogen-bond acceptors (Lipinski definition) is 4. The minimum Gasteiger partial charge on any atom is -0.389 e. The van der Waals surface area contributed by atoms with Crippen molar-refractivity contribution in [2.24, 2.45) is 0 Å². The molecule has 0 bridgehead atoms. The molecule has 2 amide bonds. The fourth-order valence-electron chi connectivity index (χ4n) is 2.85. The van der Waals surface area contributed by atoms with Crippen molar-refractivity contribution >= 4 is 17.4 Å². The molecule has 0 atom stereocenters. The number of rotatable bonds is 7. The standard InChI is InChI=1S/C17H29N3O2S/c1-4-20(12-17(2,3)22)16(21)18-11-7-10-15-19-13-8-5-6-9-14(13)23-15/h22H,4-12H2,1-3H3,(H,18,21). The van der Waals surface area contributed by atoms with Gasteiger partial charge in [0, 0.05) is 24.4 Å². The Bertz CT molecular complexity index is 499. The van der Waals surface area contributed by atoms with Crippen LogP contribution < -0.4 is 5.32 Å². The number of aryl methyl sites for hydroxylation is 3. The molecule has 1 aliphatic carbocycles. The first-order valence-corrected chi connectivity index (χ1v) is 9.43. The topological polar surface area (TPSA) is 65.5 Å². The normalized spacial score (nSPS) is 14.4. The first-order chi connectivity index (χ1) is 10.9. The number of nitrogens with zero attached hydrogens (tertiary/aromatic N) is 2. The molecule has 0 unspecified atom stereocenters. The lowest BCUT2D eigenvalue weighted by molar-refractivity contribution is 0.0480. The molecule has 2 rings (SSSR count). The van der Waals surface area contributed by atoms with Gasteiger partial charge in [0.2, 0.25) is 0 Å². The van der Waals surface area contributed by atoms with Gasteiger partial charge in [-0.3, -0.25) is 0 Å². The molecule has 23 heavy (non-hydrogen) atoms. The number of carbonyl (C=O) groups is 1. The molecular formula is C17H29N3O2S. The highest BCUT2D eigenvalue weighted by molar-refractivity contribution is 7.11. The Balaban J connectivity index is 1.72. The molecule has 6 heteroatoms. The molecule has 0 aliphatic heterocycles. The second-order valence-corrected chi connectivity index (χ2v) is 8.01. The third-order valence-electron chi connectivity index (χ3n) is 3.98. The van der Waals surface area contributed by atoms with Crippen molar-refractivity contribution < 1.29 is 9.90 Å². The number of aliphatic hydroxyl groups is 1. The lowest BCUT2D eigenvalue weighted by atomic mass is 10.0. The number of thiazole rings is 1. The molecule has 0 aromatic carbocycles. The molecule has 0 spiro atoms. The van der Waals surface area contributed by atoms with Gasteiger partial charge in [0.05, 0.1) is 22.8 Å². The molecule has 2 N–H and O–H groups in total. The van der Waals surface area contributed by atoms with Crippen molar-refractivity contribution in [1.29, 1.82) is 0 Å². The van der Waals surface area contributed by atoms with E-state index in [1.165, 1.54) is 34.8 Å². The first kappa shape index (κ1) is 18.2. The summed E-state index contributed by atoms with van der Waals surface area (Å²) < 4.78 is 0. The van der Waals surface area contributed by atoms with Gasteiger partial charge in [-0.05, 0) is 52.9 Å². The summed E-state index contributed by atoms with van der Waals surface area (Å²) in [5.41, 5.74) is 0.440. The van der Waals surface area contributed by atoms with Crippen LogP contribution in [-0.2, 0) is 19.3 Å². The van der Waals surface area contributed by atoms with Gasteiger partial charge < -0.3 is 15.3 Å². The number of nitrogens with one attached hydrogen (secondary N) is 1. The van der Waals surface area contributed by atoms with E-state index in [2.05, 4.69) is 5.32 Å². The number of hydrogen-bond donors (Lipinski definition) is 2. The minimum atomic E-state index is -0.868. The van der Waals surface area contributed by atoms with Gasteiger partial charge in [-0.15, -0.1) is 11.3 Å². The van der Waals surface area contributed by atoms with Crippen LogP contribution in [0.3, 0.4) is 0 Å². The zero-order valence-corrected chi connectivity index (χ0v) is 15.3. The number of likely N-dealkylation sites (N-methyl/N-ethyl adjacent to an activating group) is 1. The van der Waals surface area contributed by atoms with Crippen LogP contribution in [0.2, 0.25) is 0 Å². The van der Waals surface area contributed by atoms with E-state index in [1.54, 1.807) is 18.7 Å². The van der Waals surface area contributed by atoms with E-state index < -0.39 is 5.60 Å². The van der Waals surface area contributed by atoms with Crippen LogP contribution in [0.5, 0.6) is 0 Å². The van der Waals surface area contributed by atoms with E-state index in [1.807, 2.05) is 18.3 Å². The van der Waals surface area contributed by atoms with Crippen LogP contribution in [0.1, 0.15) is 55.6 Å². The number of urea groups is 1. The fraction of sp³-hybridized carbons (Fsp3) is 0.765. The predicted octanol–water partition coefficient (Wildman–Crippen LogP) is 2.76. The van der Waals surface area contributed by atoms with Gasteiger partial charge in [-0.1, -0.05) is 0 Å². The zero-order valence-electron chi connectivity index (χ0n) is 14.5. The highest BCUT2D eigenvalue weighted by Crippen LogP contribution is 2.27. The number of aromatic nitrogens is 1. The lowest BCUT2D eigenvalue weighted by Gasteiger charge is -2.28. The SMILES string of the molecule is CCN(CC(C)(C)O)C(=O)NCCCc1nc2c(s1)CCCC2. The molecule has 0 fully saturated rings. The Labute approximate surface area is 143 Å². The summed E-state index contributed by atoms with van der Waals surface area (Å²) in [7, 11) is 0. The highest BCUT2D eigenvalue weighted by Gasteiger charge is 2.21. The molecule has 1 aromatic heterocycles. The number of fused-ring (bicyclic) bond motifs is 1. The van der Waals surface area contributed by atoms with Crippen molar-refractivity contribution in [1.82, 2.24) is 15.2 Å². The molecule has 5 nitrogen and oxygen atoms in total. The van der Waals surface area contributed by atoms with Gasteiger partial charge in [-0.2, -0.15) is 0 Å². The second-order valence-electron chi connectivity index (χ2n) is 6.85. The quantitative estimate of drug-likeness (QED) is 0.751. The fourth-order valence-corrected chi connectivity index (χ4v) is 4.05. The highest BCUT2D eigenvalue weighted by atomic mass is 32.1. The van der Waals surface area contributed by atoms with E-state index in [-0.39, 0.29) is 6.03 Å². The Morgan fingerprint density at radius 1 is 1.39 bits per heavy atom. The van der Waals surface area contributed by atoms with Crippen LogP contribution >= 0.6 is 11.3 Å². The van der Waals surface area contributed by atoms with Gasteiger partial charge in [0.25, 0.3) is 0 Å². The maximum absolute atomic E-state index is 12.1. The maximum atomic E-state index is 12.1. The third kappa shape index (κ3) is 5.77. The van der Waals surface area contributed by atoms with Crippen LogP contribution in [0, 0.1) is 0 Å². The Kier molecular flexibility index (Phi) is 6.41. The van der Waals surface area contributed by atoms with E-state index >= 15 is 0 Å². The Morgan fingerprint density at radius 2 is 2.13 bits per heavy atom. The van der Waals surface area contributed by atoms with Gasteiger partial charge in [0.1, 0.15) is 0 Å². The van der Waals surface area contributed by atoms with Crippen LogP contribution in [-0.4, -0.2) is 46.3 Å². The summed E-state index contributed by atoms with van der Waals surface area (Å²) >= 11 is 1.85. The molecule has 1 heterocycles. The van der Waals surface area contributed by atoms with E-state index in [4.69, 9.17) is 4.98 Å². The van der Waals surface area contributed by atoms with E-state index in [0.717, 1.165) is 19.3 Å². The maximum Gasteiger partial charge on any atom is 0.317 e. The minimum absolute atomic E-state index is 0.104. The average molecular weight is 340 g/mol. The van der Waals surface area contributed by atoms with Crippen LogP contribution in [0.15, 0.2) is 0 Å². The van der Waals surface area contributed by atoms with Crippen molar-refractivity contribution in [2.45, 2.75) is 64.9 Å². The third-order valence-corrected chi connectivity index (χ3v) is 5.20. The average Bonchev–Trinajstić information content (AvgIpc) is 2.90. The number of amides is 2. The Hall–Kier alpha value is -1.14. The van der Waals surface area contributed by atoms with Gasteiger partial charge >= 0.3 is 6.03 Å². The lowest BCUT2D eigenvalue weighted by Crippen LogP contribution is -2.47. The van der Waals surface area contributed by atoms with Gasteiger partial charge in [0.15, 0.2) is 0 Å². The summed E-state index contributed by atoms with van der Waals surface area (Å²) in [5, 5.41) is 14.0. The largest absolute Gasteiger partial charge is 0.389 e. The summed E-state index contributed by atoms with van der Waals surface area (Å²) in [6, 6.07) is -0.104. The molecule has 0 saturated carbocycles. The predicted molar refractivity (Wildman–Crippen MR) is 94.0 cm³/mol. The summed E-state index contributed by atoms with van der Waals surface area (Å²) in [6.45, 7) is 6.93. The monoisotopic (exact) mass is 339 g/mol. The summed E-state index contributed by atoms with van der Waals surface area (Å²) in [4.78, 5) is 20.0. The van der Waals surface area contributed by atoms with Crippen molar-refractivity contribution in [3.05, 3.63) is 15.6 Å². The molecular weight excluding hydrogens is 310 g/mol. The molecule has 0 saturated heterocycles. The van der Waals surface area contributed by atoms with E-state index in [0.29, 0.717) is 19.6 Å². The molecule has 130 valence electrons. The summed E-state index contributed by atoms with van der Waals surface area (Å²) in [6.07, 6.45) is 6.70. The number of carbonyl (C=O) groups excluding carboxylic acids is 1. The summed E-state index contributed by atoms with van der Waals surface area (Å²) in [5.74, 6) is 0. The van der Waals surface area contributed by atoms with Crippen LogP contribution in [0.25, 0.3) is 0 Å². The van der Waals surface area contributed by atoms with Crippen molar-refractivity contribution in [2.75, 3.05) is 19.6 Å². The van der Waals surface area contributed by atoms with Crippen LogP contribution in [0.4, 0.5) is 4.79 Å². The van der Waals surface area contributed by atoms with Gasteiger partial charge in [-0.25, -0.2) is 9.78 Å². The molecule has 1 aromatic rings.